The molecule has 0 spiro atoms. The minimum Gasteiger partial charge on any atom is -0.351 e. The average molecular weight is 407 g/mol. The van der Waals surface area contributed by atoms with Crippen molar-refractivity contribution in [2.75, 3.05) is 36.9 Å². The molecule has 28 heavy (non-hydrogen) atoms. The Balaban J connectivity index is 1.55. The molecule has 1 aromatic heterocycles. The Morgan fingerprint density at radius 3 is 2.93 bits per heavy atom. The van der Waals surface area contributed by atoms with Gasteiger partial charge in [-0.25, -0.2) is 0 Å². The van der Waals surface area contributed by atoms with E-state index in [1.165, 1.54) is 0 Å². The topological polar surface area (TPSA) is 61.4 Å². The molecule has 1 fully saturated rings. The largest absolute Gasteiger partial charge is 0.351 e. The monoisotopic (exact) mass is 407 g/mol. The third-order valence-electron chi connectivity index (χ3n) is 4.54. The number of nitrogens with zero attached hydrogens (tertiary/aromatic N) is 4. The molecule has 0 saturated carbocycles. The van der Waals surface area contributed by atoms with Crippen LogP contribution in [0.3, 0.4) is 0 Å². The normalized spacial score (nSPS) is 16.8. The molecule has 2 heterocycles. The molecule has 1 aliphatic heterocycles. The van der Waals surface area contributed by atoms with Gasteiger partial charge in [-0.1, -0.05) is 23.9 Å². The second-order valence-corrected chi connectivity index (χ2v) is 7.72. The van der Waals surface area contributed by atoms with Crippen LogP contribution >= 0.6 is 11.8 Å². The van der Waals surface area contributed by atoms with Crippen LogP contribution in [0.5, 0.6) is 0 Å². The number of hydrogen-bond acceptors (Lipinski definition) is 6. The zero-order chi connectivity index (χ0) is 19.9. The van der Waals surface area contributed by atoms with Gasteiger partial charge in [-0.05, 0) is 44.2 Å². The SMILES string of the molecule is CN(CC(=O)Nc1ccccc1SC(F)F)CC1CCCN1c1cccnn1. The molecule has 1 atom stereocenters. The fourth-order valence-electron chi connectivity index (χ4n) is 3.40. The van der Waals surface area contributed by atoms with E-state index in [2.05, 4.69) is 20.4 Å². The number of benzene rings is 1. The number of rotatable bonds is 8. The molecular formula is C19H23F2N5OS. The smallest absolute Gasteiger partial charge is 0.288 e. The van der Waals surface area contributed by atoms with E-state index in [9.17, 15) is 13.6 Å². The van der Waals surface area contributed by atoms with Crippen molar-refractivity contribution in [2.24, 2.45) is 0 Å². The molecule has 150 valence electrons. The second-order valence-electron chi connectivity index (χ2n) is 6.69. The molecule has 0 bridgehead atoms. The van der Waals surface area contributed by atoms with Gasteiger partial charge in [0.25, 0.3) is 5.76 Å². The number of thioether (sulfide) groups is 1. The highest BCUT2D eigenvalue weighted by Crippen LogP contribution is 2.31. The lowest BCUT2D eigenvalue weighted by Crippen LogP contribution is -2.42. The summed E-state index contributed by atoms with van der Waals surface area (Å²) >= 11 is 0.429. The van der Waals surface area contributed by atoms with Gasteiger partial charge in [-0.3, -0.25) is 9.69 Å². The first-order valence-electron chi connectivity index (χ1n) is 9.09. The number of para-hydroxylation sites is 1. The Morgan fingerprint density at radius 2 is 2.18 bits per heavy atom. The maximum absolute atomic E-state index is 12.7. The Bertz CT molecular complexity index is 780. The zero-order valence-electron chi connectivity index (χ0n) is 15.6. The lowest BCUT2D eigenvalue weighted by molar-refractivity contribution is -0.117. The molecule has 0 radical (unpaired) electrons. The Hall–Kier alpha value is -2.26. The van der Waals surface area contributed by atoms with Crippen molar-refractivity contribution in [1.82, 2.24) is 15.1 Å². The van der Waals surface area contributed by atoms with Gasteiger partial charge in [0.1, 0.15) is 0 Å². The highest BCUT2D eigenvalue weighted by atomic mass is 32.2. The molecule has 9 heteroatoms. The van der Waals surface area contributed by atoms with Gasteiger partial charge < -0.3 is 10.2 Å². The lowest BCUT2D eigenvalue weighted by atomic mass is 10.2. The van der Waals surface area contributed by atoms with Crippen LogP contribution in [-0.4, -0.2) is 59.5 Å². The van der Waals surface area contributed by atoms with Crippen LogP contribution in [-0.2, 0) is 4.79 Å². The van der Waals surface area contributed by atoms with Gasteiger partial charge in [0.05, 0.1) is 12.2 Å². The van der Waals surface area contributed by atoms with Crippen molar-refractivity contribution >= 4 is 29.2 Å². The van der Waals surface area contributed by atoms with Gasteiger partial charge in [-0.15, -0.1) is 5.10 Å². The lowest BCUT2D eigenvalue weighted by Gasteiger charge is -2.29. The summed E-state index contributed by atoms with van der Waals surface area (Å²) in [7, 11) is 1.88. The van der Waals surface area contributed by atoms with Gasteiger partial charge >= 0.3 is 0 Å². The van der Waals surface area contributed by atoms with E-state index in [0.29, 0.717) is 28.9 Å². The highest BCUT2D eigenvalue weighted by molar-refractivity contribution is 7.99. The molecule has 2 aromatic rings. The van der Waals surface area contributed by atoms with Crippen molar-refractivity contribution in [3.05, 3.63) is 42.6 Å². The number of anilines is 2. The van der Waals surface area contributed by atoms with Crippen molar-refractivity contribution < 1.29 is 13.6 Å². The Morgan fingerprint density at radius 1 is 1.36 bits per heavy atom. The van der Waals surface area contributed by atoms with E-state index < -0.39 is 5.76 Å². The van der Waals surface area contributed by atoms with Crippen LogP contribution in [0.2, 0.25) is 0 Å². The van der Waals surface area contributed by atoms with E-state index in [-0.39, 0.29) is 18.5 Å². The third kappa shape index (κ3) is 5.62. The Labute approximate surface area is 167 Å². The van der Waals surface area contributed by atoms with Crippen LogP contribution in [0.25, 0.3) is 0 Å². The quantitative estimate of drug-likeness (QED) is 0.678. The van der Waals surface area contributed by atoms with Crippen molar-refractivity contribution in [3.8, 4) is 0 Å². The third-order valence-corrected chi connectivity index (χ3v) is 5.33. The summed E-state index contributed by atoms with van der Waals surface area (Å²) in [5.41, 5.74) is 0.410. The molecule has 1 amide bonds. The Kier molecular flexibility index (Phi) is 7.16. The molecule has 6 nitrogen and oxygen atoms in total. The predicted octanol–water partition coefficient (Wildman–Crippen LogP) is 3.33. The first-order valence-corrected chi connectivity index (χ1v) is 9.97. The van der Waals surface area contributed by atoms with E-state index in [0.717, 1.165) is 25.2 Å². The minimum atomic E-state index is -2.53. The van der Waals surface area contributed by atoms with Crippen molar-refractivity contribution in [1.29, 1.82) is 0 Å². The highest BCUT2D eigenvalue weighted by Gasteiger charge is 2.27. The van der Waals surface area contributed by atoms with E-state index >= 15 is 0 Å². The first-order chi connectivity index (χ1) is 13.5. The number of carbonyl (C=O) groups is 1. The molecule has 1 N–H and O–H groups in total. The first kappa shape index (κ1) is 20.5. The number of amides is 1. The number of nitrogens with one attached hydrogen (secondary N) is 1. The summed E-state index contributed by atoms with van der Waals surface area (Å²) in [6.45, 7) is 1.80. The molecule has 0 aliphatic carbocycles. The number of alkyl halides is 2. The molecule has 1 aromatic carbocycles. The summed E-state index contributed by atoms with van der Waals surface area (Å²) in [6, 6.07) is 10.7. The molecule has 3 rings (SSSR count). The maximum Gasteiger partial charge on any atom is 0.288 e. The number of halogens is 2. The summed E-state index contributed by atoms with van der Waals surface area (Å²) < 4.78 is 25.4. The number of hydrogen-bond donors (Lipinski definition) is 1. The van der Waals surface area contributed by atoms with Crippen LogP contribution in [0.15, 0.2) is 47.5 Å². The van der Waals surface area contributed by atoms with E-state index in [4.69, 9.17) is 0 Å². The standard InChI is InChI=1S/C19H23F2N5OS/c1-25(12-14-6-5-11-26(14)17-9-4-10-22-24-17)13-18(27)23-15-7-2-3-8-16(15)28-19(20)21/h2-4,7-10,14,19H,5-6,11-13H2,1H3,(H,23,27). The zero-order valence-corrected chi connectivity index (χ0v) is 16.4. The van der Waals surface area contributed by atoms with Crippen LogP contribution in [0.1, 0.15) is 12.8 Å². The van der Waals surface area contributed by atoms with Crippen LogP contribution < -0.4 is 10.2 Å². The van der Waals surface area contributed by atoms with Gasteiger partial charge in [0.2, 0.25) is 5.91 Å². The molecular weight excluding hydrogens is 384 g/mol. The maximum atomic E-state index is 12.7. The summed E-state index contributed by atoms with van der Waals surface area (Å²) in [6.07, 6.45) is 3.74. The average Bonchev–Trinajstić information content (AvgIpc) is 3.11. The summed E-state index contributed by atoms with van der Waals surface area (Å²) in [5.74, 6) is -1.91. The summed E-state index contributed by atoms with van der Waals surface area (Å²) in [5, 5.41) is 10.9. The fourth-order valence-corrected chi connectivity index (χ4v) is 4.00. The fraction of sp³-hybridized carbons (Fsp3) is 0.421. The van der Waals surface area contributed by atoms with Crippen LogP contribution in [0, 0.1) is 0 Å². The summed E-state index contributed by atoms with van der Waals surface area (Å²) in [4.78, 5) is 16.9. The molecule has 1 unspecified atom stereocenters. The second kappa shape index (κ2) is 9.79. The van der Waals surface area contributed by atoms with Gasteiger partial charge in [0.15, 0.2) is 5.82 Å². The van der Waals surface area contributed by atoms with Crippen LogP contribution in [0.4, 0.5) is 20.3 Å². The van der Waals surface area contributed by atoms with E-state index in [1.54, 1.807) is 30.5 Å². The molecule has 1 aliphatic rings. The van der Waals surface area contributed by atoms with Crippen molar-refractivity contribution in [3.63, 3.8) is 0 Å². The minimum absolute atomic E-state index is 0.179. The predicted molar refractivity (Wildman–Crippen MR) is 107 cm³/mol. The molecule has 1 saturated heterocycles. The van der Waals surface area contributed by atoms with Gasteiger partial charge in [-0.2, -0.15) is 13.9 Å². The number of likely N-dealkylation sites (N-methyl/N-ethyl adjacent to an activating group) is 1. The van der Waals surface area contributed by atoms with Crippen molar-refractivity contribution in [2.45, 2.75) is 29.5 Å². The number of aromatic nitrogens is 2. The number of carbonyl (C=O) groups excluding carboxylic acids is 1. The van der Waals surface area contributed by atoms with Gasteiger partial charge in [0, 0.05) is 30.2 Å². The van der Waals surface area contributed by atoms with E-state index in [1.807, 2.05) is 24.1 Å².